The van der Waals surface area contributed by atoms with E-state index in [0.29, 0.717) is 13.1 Å². The van der Waals surface area contributed by atoms with E-state index in [-0.39, 0.29) is 0 Å². The largest absolute Gasteiger partial charge is 0.320 e. The number of hydrogen-bond acceptors (Lipinski definition) is 3. The minimum absolute atomic E-state index is 0.382. The second kappa shape index (κ2) is 5.10. The van der Waals surface area contributed by atoms with Crippen molar-refractivity contribution in [2.24, 2.45) is 5.73 Å². The van der Waals surface area contributed by atoms with E-state index >= 15 is 0 Å². The van der Waals surface area contributed by atoms with Crippen LogP contribution in [0.3, 0.4) is 0 Å². The number of benzene rings is 1. The average Bonchev–Trinajstić information content (AvgIpc) is 2.80. The molecular formula is C12H12N4. The van der Waals surface area contributed by atoms with Crippen molar-refractivity contribution >= 4 is 0 Å². The summed E-state index contributed by atoms with van der Waals surface area (Å²) in [5.41, 5.74) is 7.45. The smallest absolute Gasteiger partial charge is 0.137 e. The van der Waals surface area contributed by atoms with Crippen LogP contribution >= 0.6 is 0 Å². The first kappa shape index (κ1) is 10.4. The van der Waals surface area contributed by atoms with Crippen molar-refractivity contribution in [2.45, 2.75) is 6.54 Å². The van der Waals surface area contributed by atoms with Gasteiger partial charge in [-0.1, -0.05) is 24.0 Å². The maximum atomic E-state index is 5.33. The van der Waals surface area contributed by atoms with Gasteiger partial charge in [0.1, 0.15) is 12.7 Å². The number of hydrogen-bond donors (Lipinski definition) is 1. The summed E-state index contributed by atoms with van der Waals surface area (Å²) in [5.74, 6) is 5.84. The molecular weight excluding hydrogens is 200 g/mol. The van der Waals surface area contributed by atoms with Crippen molar-refractivity contribution in [3.8, 4) is 11.8 Å². The van der Waals surface area contributed by atoms with Gasteiger partial charge in [0.25, 0.3) is 0 Å². The first-order valence-electron chi connectivity index (χ1n) is 4.99. The summed E-state index contributed by atoms with van der Waals surface area (Å²) < 4.78 is 1.77. The van der Waals surface area contributed by atoms with E-state index in [2.05, 4.69) is 21.9 Å². The lowest BCUT2D eigenvalue weighted by Crippen LogP contribution is -2.00. The van der Waals surface area contributed by atoms with Gasteiger partial charge in [0.15, 0.2) is 0 Å². The SMILES string of the molecule is NCC#Cc1cccc(Cn2cncn2)c1. The van der Waals surface area contributed by atoms with Crippen LogP contribution in [-0.4, -0.2) is 21.3 Å². The Labute approximate surface area is 94.1 Å². The first-order valence-corrected chi connectivity index (χ1v) is 4.99. The zero-order valence-corrected chi connectivity index (χ0v) is 8.80. The van der Waals surface area contributed by atoms with Crippen LogP contribution in [0.1, 0.15) is 11.1 Å². The number of rotatable bonds is 2. The summed E-state index contributed by atoms with van der Waals surface area (Å²) in [4.78, 5) is 3.90. The third-order valence-corrected chi connectivity index (χ3v) is 2.07. The lowest BCUT2D eigenvalue weighted by atomic mass is 10.1. The van der Waals surface area contributed by atoms with Gasteiger partial charge in [-0.2, -0.15) is 5.10 Å². The molecule has 0 spiro atoms. The quantitative estimate of drug-likeness (QED) is 0.743. The molecule has 16 heavy (non-hydrogen) atoms. The summed E-state index contributed by atoms with van der Waals surface area (Å²) in [6.07, 6.45) is 3.22. The lowest BCUT2D eigenvalue weighted by Gasteiger charge is -2.01. The molecule has 0 saturated heterocycles. The molecule has 0 aliphatic rings. The van der Waals surface area contributed by atoms with Crippen molar-refractivity contribution in [1.29, 1.82) is 0 Å². The highest BCUT2D eigenvalue weighted by atomic mass is 15.3. The zero-order valence-electron chi connectivity index (χ0n) is 8.80. The maximum Gasteiger partial charge on any atom is 0.137 e. The molecule has 4 nitrogen and oxygen atoms in total. The Bertz CT molecular complexity index is 505. The molecule has 0 aliphatic heterocycles. The van der Waals surface area contributed by atoms with Crippen molar-refractivity contribution in [1.82, 2.24) is 14.8 Å². The molecule has 0 bridgehead atoms. The van der Waals surface area contributed by atoms with Gasteiger partial charge in [0.2, 0.25) is 0 Å². The van der Waals surface area contributed by atoms with Crippen molar-refractivity contribution in [3.63, 3.8) is 0 Å². The highest BCUT2D eigenvalue weighted by molar-refractivity contribution is 5.37. The third-order valence-electron chi connectivity index (χ3n) is 2.07. The van der Waals surface area contributed by atoms with Crippen LogP contribution in [0.4, 0.5) is 0 Å². The van der Waals surface area contributed by atoms with Gasteiger partial charge in [-0.05, 0) is 17.7 Å². The maximum absolute atomic E-state index is 5.33. The molecule has 1 aromatic heterocycles. The van der Waals surface area contributed by atoms with Gasteiger partial charge in [-0.3, -0.25) is 0 Å². The fraction of sp³-hybridized carbons (Fsp3) is 0.167. The van der Waals surface area contributed by atoms with E-state index in [9.17, 15) is 0 Å². The summed E-state index contributed by atoms with van der Waals surface area (Å²) >= 11 is 0. The fourth-order valence-corrected chi connectivity index (χ4v) is 1.40. The summed E-state index contributed by atoms with van der Waals surface area (Å²) in [5, 5.41) is 4.05. The highest BCUT2D eigenvalue weighted by Crippen LogP contribution is 2.05. The minimum atomic E-state index is 0.382. The highest BCUT2D eigenvalue weighted by Gasteiger charge is 1.96. The number of aromatic nitrogens is 3. The molecule has 4 heteroatoms. The molecule has 0 radical (unpaired) electrons. The van der Waals surface area contributed by atoms with Gasteiger partial charge in [0, 0.05) is 5.56 Å². The Kier molecular flexibility index (Phi) is 3.31. The molecule has 0 amide bonds. The Balaban J connectivity index is 2.16. The molecule has 1 heterocycles. The average molecular weight is 212 g/mol. The topological polar surface area (TPSA) is 56.7 Å². The van der Waals surface area contributed by atoms with Crippen LogP contribution in [0.25, 0.3) is 0 Å². The number of nitrogens with zero attached hydrogens (tertiary/aromatic N) is 3. The van der Waals surface area contributed by atoms with Crippen LogP contribution < -0.4 is 5.73 Å². The Morgan fingerprint density at radius 1 is 1.38 bits per heavy atom. The van der Waals surface area contributed by atoms with Crippen LogP contribution in [-0.2, 0) is 6.54 Å². The van der Waals surface area contributed by atoms with Gasteiger partial charge in [-0.25, -0.2) is 9.67 Å². The van der Waals surface area contributed by atoms with Gasteiger partial charge >= 0.3 is 0 Å². The molecule has 0 unspecified atom stereocenters. The van der Waals surface area contributed by atoms with E-state index in [1.165, 1.54) is 6.33 Å². The standard InChI is InChI=1S/C12H12N4/c13-6-2-5-11-3-1-4-12(7-11)8-16-10-14-9-15-16/h1,3-4,7,9-10H,6,8,13H2. The van der Waals surface area contributed by atoms with Crippen LogP contribution in [0.2, 0.25) is 0 Å². The lowest BCUT2D eigenvalue weighted by molar-refractivity contribution is 0.685. The third kappa shape index (κ3) is 2.69. The Morgan fingerprint density at radius 3 is 3.06 bits per heavy atom. The molecule has 2 aromatic rings. The Morgan fingerprint density at radius 2 is 2.31 bits per heavy atom. The summed E-state index contributed by atoms with van der Waals surface area (Å²) in [7, 11) is 0. The predicted octanol–water partition coefficient (Wildman–Crippen LogP) is 0.637. The molecule has 2 N–H and O–H groups in total. The van der Waals surface area contributed by atoms with Crippen LogP contribution in [0, 0.1) is 11.8 Å². The Hall–Kier alpha value is -2.12. The second-order valence-electron chi connectivity index (χ2n) is 3.30. The zero-order chi connectivity index (χ0) is 11.2. The van der Waals surface area contributed by atoms with Gasteiger partial charge < -0.3 is 5.73 Å². The van der Waals surface area contributed by atoms with E-state index in [1.54, 1.807) is 11.0 Å². The van der Waals surface area contributed by atoms with E-state index in [0.717, 1.165) is 11.1 Å². The monoisotopic (exact) mass is 212 g/mol. The molecule has 1 aromatic carbocycles. The van der Waals surface area contributed by atoms with Crippen LogP contribution in [0.5, 0.6) is 0 Å². The van der Waals surface area contributed by atoms with E-state index < -0.39 is 0 Å². The number of nitrogens with two attached hydrogens (primary N) is 1. The van der Waals surface area contributed by atoms with Gasteiger partial charge in [-0.15, -0.1) is 0 Å². The van der Waals surface area contributed by atoms with Crippen molar-refractivity contribution in [2.75, 3.05) is 6.54 Å². The fourth-order valence-electron chi connectivity index (χ4n) is 1.40. The molecule has 0 atom stereocenters. The predicted molar refractivity (Wildman–Crippen MR) is 61.5 cm³/mol. The van der Waals surface area contributed by atoms with Gasteiger partial charge in [0.05, 0.1) is 13.1 Å². The molecule has 0 aliphatic carbocycles. The van der Waals surface area contributed by atoms with Crippen LogP contribution in [0.15, 0.2) is 36.9 Å². The molecule has 0 fully saturated rings. The summed E-state index contributed by atoms with van der Waals surface area (Å²) in [6.45, 7) is 1.09. The minimum Gasteiger partial charge on any atom is -0.320 e. The summed E-state index contributed by atoms with van der Waals surface area (Å²) in [6, 6.07) is 8.01. The normalized spacial score (nSPS) is 9.56. The van der Waals surface area contributed by atoms with E-state index in [1.807, 2.05) is 24.3 Å². The molecule has 80 valence electrons. The van der Waals surface area contributed by atoms with Crippen molar-refractivity contribution in [3.05, 3.63) is 48.0 Å². The molecule has 2 rings (SSSR count). The first-order chi connectivity index (χ1) is 7.88. The van der Waals surface area contributed by atoms with E-state index in [4.69, 9.17) is 5.73 Å². The second-order valence-corrected chi connectivity index (χ2v) is 3.30. The van der Waals surface area contributed by atoms with Crippen molar-refractivity contribution < 1.29 is 0 Å². The molecule has 0 saturated carbocycles.